The highest BCUT2D eigenvalue weighted by Gasteiger charge is 2.39. The summed E-state index contributed by atoms with van der Waals surface area (Å²) < 4.78 is 61.4. The largest absolute Gasteiger partial charge is 0.471 e. The van der Waals surface area contributed by atoms with Crippen molar-refractivity contribution in [2.75, 3.05) is 5.32 Å². The van der Waals surface area contributed by atoms with E-state index in [0.717, 1.165) is 12.1 Å². The summed E-state index contributed by atoms with van der Waals surface area (Å²) in [5.41, 5.74) is -0.807. The molecule has 1 aromatic carbocycles. The Morgan fingerprint density at radius 3 is 2.31 bits per heavy atom. The quantitative estimate of drug-likeness (QED) is 0.750. The van der Waals surface area contributed by atoms with Gasteiger partial charge >= 0.3 is 12.1 Å². The first-order chi connectivity index (χ1) is 7.23. The van der Waals surface area contributed by atoms with Gasteiger partial charge in [0, 0.05) is 0 Å². The molecular formula is C9H6F5NO. The van der Waals surface area contributed by atoms with Crippen LogP contribution in [0, 0.1) is 18.6 Å². The van der Waals surface area contributed by atoms with Crippen LogP contribution in [0.4, 0.5) is 27.6 Å². The van der Waals surface area contributed by atoms with E-state index in [9.17, 15) is 26.7 Å². The van der Waals surface area contributed by atoms with Crippen molar-refractivity contribution in [2.45, 2.75) is 13.1 Å². The summed E-state index contributed by atoms with van der Waals surface area (Å²) in [6.07, 6.45) is -5.15. The number of anilines is 1. The van der Waals surface area contributed by atoms with Crippen LogP contribution in [0.1, 0.15) is 5.56 Å². The number of hydrogen-bond donors (Lipinski definition) is 1. The number of benzene rings is 1. The number of aryl methyl sites for hydroxylation is 1. The highest BCUT2D eigenvalue weighted by molar-refractivity contribution is 5.95. The zero-order valence-corrected chi connectivity index (χ0v) is 7.95. The van der Waals surface area contributed by atoms with Gasteiger partial charge in [0.2, 0.25) is 0 Å². The molecule has 0 aliphatic rings. The summed E-state index contributed by atoms with van der Waals surface area (Å²) >= 11 is 0. The van der Waals surface area contributed by atoms with Crippen LogP contribution in [-0.4, -0.2) is 12.1 Å². The molecule has 1 rings (SSSR count). The van der Waals surface area contributed by atoms with Crippen LogP contribution in [0.3, 0.4) is 0 Å². The Morgan fingerprint density at radius 1 is 1.25 bits per heavy atom. The Balaban J connectivity index is 3.07. The lowest BCUT2D eigenvalue weighted by molar-refractivity contribution is -0.167. The molecule has 0 aliphatic carbocycles. The van der Waals surface area contributed by atoms with E-state index in [0.29, 0.717) is 0 Å². The molecular weight excluding hydrogens is 233 g/mol. The van der Waals surface area contributed by atoms with Gasteiger partial charge in [0.05, 0.1) is 5.69 Å². The number of carbonyl (C=O) groups excluding carboxylic acids is 1. The summed E-state index contributed by atoms with van der Waals surface area (Å²) in [7, 11) is 0. The molecule has 0 unspecified atom stereocenters. The predicted octanol–water partition coefficient (Wildman–Crippen LogP) is 2.77. The molecule has 0 heterocycles. The van der Waals surface area contributed by atoms with Crippen LogP contribution in [0.15, 0.2) is 12.1 Å². The molecule has 88 valence electrons. The number of hydrogen-bond acceptors (Lipinski definition) is 1. The van der Waals surface area contributed by atoms with Crippen LogP contribution in [-0.2, 0) is 4.79 Å². The lowest BCUT2D eigenvalue weighted by Crippen LogP contribution is -2.30. The van der Waals surface area contributed by atoms with Crippen molar-refractivity contribution in [3.8, 4) is 0 Å². The van der Waals surface area contributed by atoms with Gasteiger partial charge in [0.1, 0.15) is 0 Å². The minimum atomic E-state index is -5.15. The Morgan fingerprint density at radius 2 is 1.81 bits per heavy atom. The zero-order valence-electron chi connectivity index (χ0n) is 7.95. The first-order valence-electron chi connectivity index (χ1n) is 4.06. The number of nitrogens with one attached hydrogen (secondary N) is 1. The highest BCUT2D eigenvalue weighted by atomic mass is 19.4. The smallest absolute Gasteiger partial charge is 0.315 e. The summed E-state index contributed by atoms with van der Waals surface area (Å²) in [6.45, 7) is 1.24. The Bertz CT molecular complexity index is 427. The lowest BCUT2D eigenvalue weighted by Gasteiger charge is -2.11. The molecule has 1 aromatic rings. The molecule has 16 heavy (non-hydrogen) atoms. The molecule has 0 fully saturated rings. The van der Waals surface area contributed by atoms with Crippen LogP contribution in [0.5, 0.6) is 0 Å². The summed E-state index contributed by atoms with van der Waals surface area (Å²) in [6, 6.07) is 1.82. The van der Waals surface area contributed by atoms with E-state index in [1.54, 1.807) is 0 Å². The van der Waals surface area contributed by atoms with Crippen LogP contribution in [0.25, 0.3) is 0 Å². The van der Waals surface area contributed by atoms with Crippen LogP contribution >= 0.6 is 0 Å². The Kier molecular flexibility index (Phi) is 3.16. The van der Waals surface area contributed by atoms with Crippen LogP contribution in [0.2, 0.25) is 0 Å². The molecule has 1 amide bonds. The Hall–Kier alpha value is -1.66. The molecule has 1 N–H and O–H groups in total. The van der Waals surface area contributed by atoms with Crippen LogP contribution < -0.4 is 5.32 Å². The second-order valence-corrected chi connectivity index (χ2v) is 3.01. The third-order valence-corrected chi connectivity index (χ3v) is 1.80. The maximum absolute atomic E-state index is 13.1. The van der Waals surface area contributed by atoms with E-state index >= 15 is 0 Å². The van der Waals surface area contributed by atoms with E-state index in [-0.39, 0.29) is 5.56 Å². The van der Waals surface area contributed by atoms with Crippen molar-refractivity contribution in [1.82, 2.24) is 0 Å². The fraction of sp³-hybridized carbons (Fsp3) is 0.222. The summed E-state index contributed by atoms with van der Waals surface area (Å²) in [5.74, 6) is -5.19. The van der Waals surface area contributed by atoms with Crippen molar-refractivity contribution in [1.29, 1.82) is 0 Å². The minimum absolute atomic E-state index is 0.00324. The SMILES string of the molecule is Cc1ccc(F)c(F)c1NC(=O)C(F)(F)F. The minimum Gasteiger partial charge on any atom is -0.315 e. The van der Waals surface area contributed by atoms with Crippen molar-refractivity contribution in [2.24, 2.45) is 0 Å². The normalized spacial score (nSPS) is 11.4. The topological polar surface area (TPSA) is 29.1 Å². The number of halogens is 5. The first kappa shape index (κ1) is 12.4. The second kappa shape index (κ2) is 4.07. The van der Waals surface area contributed by atoms with Gasteiger partial charge < -0.3 is 5.32 Å². The number of alkyl halides is 3. The van der Waals surface area contributed by atoms with E-state index in [1.165, 1.54) is 12.2 Å². The van der Waals surface area contributed by atoms with Crippen molar-refractivity contribution in [3.05, 3.63) is 29.3 Å². The number of rotatable bonds is 1. The van der Waals surface area contributed by atoms with Gasteiger partial charge in [-0.2, -0.15) is 13.2 Å². The Labute approximate surface area is 87.1 Å². The second-order valence-electron chi connectivity index (χ2n) is 3.01. The van der Waals surface area contributed by atoms with Crippen molar-refractivity contribution < 1.29 is 26.7 Å². The van der Waals surface area contributed by atoms with E-state index in [1.807, 2.05) is 0 Å². The maximum atomic E-state index is 13.1. The van der Waals surface area contributed by atoms with Gasteiger partial charge in [-0.05, 0) is 18.6 Å². The molecule has 0 bridgehead atoms. The molecule has 0 atom stereocenters. The molecule has 0 saturated heterocycles. The molecule has 0 radical (unpaired) electrons. The maximum Gasteiger partial charge on any atom is 0.471 e. The van der Waals surface area contributed by atoms with Crippen molar-refractivity contribution >= 4 is 11.6 Å². The molecule has 0 spiro atoms. The molecule has 0 saturated carbocycles. The molecule has 0 aromatic heterocycles. The van der Waals surface area contributed by atoms with Gasteiger partial charge in [0.15, 0.2) is 11.6 Å². The zero-order chi connectivity index (χ0) is 12.5. The summed E-state index contributed by atoms with van der Waals surface area (Å²) in [4.78, 5) is 10.5. The van der Waals surface area contributed by atoms with E-state index < -0.39 is 29.4 Å². The third kappa shape index (κ3) is 2.47. The van der Waals surface area contributed by atoms with E-state index in [2.05, 4.69) is 0 Å². The average Bonchev–Trinajstić information content (AvgIpc) is 2.17. The van der Waals surface area contributed by atoms with Crippen molar-refractivity contribution in [3.63, 3.8) is 0 Å². The lowest BCUT2D eigenvalue weighted by atomic mass is 10.2. The van der Waals surface area contributed by atoms with Gasteiger partial charge in [-0.3, -0.25) is 4.79 Å². The monoisotopic (exact) mass is 239 g/mol. The predicted molar refractivity (Wildman–Crippen MR) is 45.8 cm³/mol. The first-order valence-corrected chi connectivity index (χ1v) is 4.06. The fourth-order valence-corrected chi connectivity index (χ4v) is 0.985. The highest BCUT2D eigenvalue weighted by Crippen LogP contribution is 2.24. The molecule has 0 aliphatic heterocycles. The average molecular weight is 239 g/mol. The van der Waals surface area contributed by atoms with Gasteiger partial charge in [-0.15, -0.1) is 0 Å². The van der Waals surface area contributed by atoms with Gasteiger partial charge in [-0.25, -0.2) is 8.78 Å². The fourth-order valence-electron chi connectivity index (χ4n) is 0.985. The van der Waals surface area contributed by atoms with E-state index in [4.69, 9.17) is 0 Å². The third-order valence-electron chi connectivity index (χ3n) is 1.80. The number of amides is 1. The molecule has 2 nitrogen and oxygen atoms in total. The van der Waals surface area contributed by atoms with Gasteiger partial charge in [-0.1, -0.05) is 6.07 Å². The van der Waals surface area contributed by atoms with Gasteiger partial charge in [0.25, 0.3) is 0 Å². The number of carbonyl (C=O) groups is 1. The molecule has 7 heteroatoms. The summed E-state index contributed by atoms with van der Waals surface area (Å²) in [5, 5.41) is 1.28. The standard InChI is InChI=1S/C9H6F5NO/c1-4-2-3-5(10)6(11)7(4)15-8(16)9(12,13)14/h2-3H,1H3,(H,15,16).